The van der Waals surface area contributed by atoms with Gasteiger partial charge in [-0.15, -0.1) is 0 Å². The number of hydrogen-bond acceptors (Lipinski definition) is 9. The number of aliphatic imine (C=N–C) groups is 1. The summed E-state index contributed by atoms with van der Waals surface area (Å²) in [6.07, 6.45) is 1.15. The van der Waals surface area contributed by atoms with Crippen molar-refractivity contribution in [1.29, 1.82) is 0 Å². The number of amides is 1. The number of likely N-dealkylation sites (N-methyl/N-ethyl adjacent to an activating group) is 1. The number of hydrogen-bond donors (Lipinski definition) is 2. The number of piperazine rings is 1. The van der Waals surface area contributed by atoms with Gasteiger partial charge in [-0.3, -0.25) is 9.79 Å². The van der Waals surface area contributed by atoms with E-state index in [9.17, 15) is 23.1 Å². The van der Waals surface area contributed by atoms with E-state index in [1.807, 2.05) is 39.0 Å². The average Bonchev–Trinajstić information content (AvgIpc) is 3.25. The first-order valence-corrected chi connectivity index (χ1v) is 15.8. The maximum absolute atomic E-state index is 13.2. The Morgan fingerprint density at radius 2 is 1.64 bits per heavy atom. The molecule has 13 heteroatoms. The molecular formula is C31H41N5O7S. The van der Waals surface area contributed by atoms with Crippen LogP contribution in [0.4, 0.5) is 16.2 Å². The Hall–Kier alpha value is -4.10. The molecule has 1 aliphatic rings. The molecule has 3 aromatic rings. The number of rotatable bonds is 7. The lowest BCUT2D eigenvalue weighted by Gasteiger charge is -2.37. The van der Waals surface area contributed by atoms with Gasteiger partial charge in [-0.2, -0.15) is 4.31 Å². The number of H-pyrrole nitrogens is 1. The lowest BCUT2D eigenvalue weighted by atomic mass is 10.1. The Labute approximate surface area is 258 Å². The van der Waals surface area contributed by atoms with E-state index in [1.54, 1.807) is 37.8 Å². The predicted octanol–water partition coefficient (Wildman–Crippen LogP) is 4.64. The van der Waals surface area contributed by atoms with Crippen molar-refractivity contribution in [3.8, 4) is 5.88 Å². The van der Waals surface area contributed by atoms with Gasteiger partial charge in [0.05, 0.1) is 21.7 Å². The molecule has 1 fully saturated rings. The molecule has 1 saturated heterocycles. The van der Waals surface area contributed by atoms with Crippen molar-refractivity contribution in [3.63, 3.8) is 0 Å². The van der Waals surface area contributed by atoms with Crippen LogP contribution in [0, 0.1) is 0 Å². The van der Waals surface area contributed by atoms with Crippen LogP contribution in [0.15, 0.2) is 52.4 Å². The van der Waals surface area contributed by atoms with Crippen LogP contribution in [0.2, 0.25) is 0 Å². The monoisotopic (exact) mass is 627 g/mol. The Kier molecular flexibility index (Phi) is 9.31. The molecule has 1 amide bonds. The Bertz CT molecular complexity index is 1660. The molecule has 0 bridgehead atoms. The van der Waals surface area contributed by atoms with Crippen molar-refractivity contribution in [1.82, 2.24) is 14.2 Å². The van der Waals surface area contributed by atoms with Crippen molar-refractivity contribution in [3.05, 3.63) is 48.0 Å². The van der Waals surface area contributed by atoms with Crippen molar-refractivity contribution < 1.29 is 32.6 Å². The van der Waals surface area contributed by atoms with Gasteiger partial charge in [0.15, 0.2) is 5.88 Å². The first-order valence-electron chi connectivity index (χ1n) is 14.3. The molecule has 12 nitrogen and oxygen atoms in total. The smallest absolute Gasteiger partial charge is 0.410 e. The van der Waals surface area contributed by atoms with Gasteiger partial charge in [0.1, 0.15) is 17.7 Å². The normalized spacial score (nSPS) is 14.9. The summed E-state index contributed by atoms with van der Waals surface area (Å²) in [6, 6.07) is 11.7. The Morgan fingerprint density at radius 3 is 2.27 bits per heavy atom. The van der Waals surface area contributed by atoms with E-state index < -0.39 is 33.7 Å². The van der Waals surface area contributed by atoms with Crippen molar-refractivity contribution in [2.45, 2.75) is 57.6 Å². The van der Waals surface area contributed by atoms with E-state index in [-0.39, 0.29) is 16.9 Å². The lowest BCUT2D eigenvalue weighted by molar-refractivity contribution is -0.154. The first kappa shape index (κ1) is 32.8. The number of benzene rings is 2. The minimum Gasteiger partial charge on any atom is -0.494 e. The highest BCUT2D eigenvalue weighted by atomic mass is 32.2. The number of ether oxygens (including phenoxy) is 2. The summed E-state index contributed by atoms with van der Waals surface area (Å²) in [5.41, 5.74) is 1.05. The van der Waals surface area contributed by atoms with Crippen molar-refractivity contribution in [2.24, 2.45) is 4.99 Å². The zero-order valence-electron chi connectivity index (χ0n) is 26.2. The number of nitrogens with one attached hydrogen (secondary N) is 1. The number of esters is 1. The second kappa shape index (κ2) is 12.5. The predicted molar refractivity (Wildman–Crippen MR) is 169 cm³/mol. The number of sulfonamides is 1. The quantitative estimate of drug-likeness (QED) is 0.285. The molecule has 0 radical (unpaired) electrons. The second-order valence-corrected chi connectivity index (χ2v) is 14.7. The summed E-state index contributed by atoms with van der Waals surface area (Å²) in [6.45, 7) is 12.3. The van der Waals surface area contributed by atoms with Crippen LogP contribution in [-0.4, -0.2) is 97.0 Å². The number of aromatic amines is 1. The maximum Gasteiger partial charge on any atom is 0.410 e. The van der Waals surface area contributed by atoms with Crippen LogP contribution < -0.4 is 4.90 Å². The van der Waals surface area contributed by atoms with Gasteiger partial charge in [0.2, 0.25) is 10.0 Å². The maximum atomic E-state index is 13.2. The third kappa shape index (κ3) is 7.88. The summed E-state index contributed by atoms with van der Waals surface area (Å²) in [5, 5.41) is 11.5. The van der Waals surface area contributed by atoms with E-state index >= 15 is 0 Å². The summed E-state index contributed by atoms with van der Waals surface area (Å²) in [4.78, 5) is 36.0. The molecule has 1 aliphatic heterocycles. The molecule has 2 heterocycles. The highest BCUT2D eigenvalue weighted by Crippen LogP contribution is 2.35. The van der Waals surface area contributed by atoms with E-state index in [4.69, 9.17) is 9.47 Å². The highest BCUT2D eigenvalue weighted by Gasteiger charge is 2.28. The number of aromatic nitrogens is 1. The van der Waals surface area contributed by atoms with Gasteiger partial charge in [0, 0.05) is 50.5 Å². The Morgan fingerprint density at radius 1 is 1.00 bits per heavy atom. The van der Waals surface area contributed by atoms with Crippen LogP contribution in [0.3, 0.4) is 0 Å². The molecule has 0 aliphatic carbocycles. The Balaban J connectivity index is 1.55. The third-order valence-electron chi connectivity index (χ3n) is 6.73. The van der Waals surface area contributed by atoms with Gasteiger partial charge in [0.25, 0.3) is 0 Å². The number of fused-ring (bicyclic) bond motifs is 1. The molecule has 2 N–H and O–H groups in total. The second-order valence-electron chi connectivity index (χ2n) is 12.6. The molecular weight excluding hydrogens is 586 g/mol. The van der Waals surface area contributed by atoms with Crippen LogP contribution >= 0.6 is 0 Å². The summed E-state index contributed by atoms with van der Waals surface area (Å²) >= 11 is 0. The van der Waals surface area contributed by atoms with E-state index in [0.717, 1.165) is 15.4 Å². The number of anilines is 1. The van der Waals surface area contributed by atoms with Gasteiger partial charge in [-0.25, -0.2) is 13.2 Å². The van der Waals surface area contributed by atoms with Crippen LogP contribution in [0.25, 0.3) is 10.9 Å². The minimum atomic E-state index is -4.01. The van der Waals surface area contributed by atoms with E-state index in [2.05, 4.69) is 14.9 Å². The fourth-order valence-electron chi connectivity index (χ4n) is 4.77. The van der Waals surface area contributed by atoms with Gasteiger partial charge >= 0.3 is 12.1 Å². The summed E-state index contributed by atoms with van der Waals surface area (Å²) < 4.78 is 38.1. The lowest BCUT2D eigenvalue weighted by Crippen LogP contribution is -2.50. The molecule has 238 valence electrons. The topological polar surface area (TPSA) is 145 Å². The molecule has 2 aromatic carbocycles. The minimum absolute atomic E-state index is 0.0371. The molecule has 1 aromatic heterocycles. The molecule has 4 rings (SSSR count). The summed E-state index contributed by atoms with van der Waals surface area (Å²) in [7, 11) is -2.70. The SMILES string of the molecule is CN(CC(=O)OC(C)(C)C)S(=O)(=O)c1cccc(N=Cc2c(O)[nH]c3cccc(N4CCN(C(=O)OC(C)(C)C)CC4)c23)c1. The molecule has 0 atom stereocenters. The molecule has 44 heavy (non-hydrogen) atoms. The fraction of sp³-hybridized carbons (Fsp3) is 0.452. The zero-order chi connectivity index (χ0) is 32.4. The van der Waals surface area contributed by atoms with Crippen LogP contribution in [0.1, 0.15) is 47.1 Å². The highest BCUT2D eigenvalue weighted by molar-refractivity contribution is 7.89. The van der Waals surface area contributed by atoms with Gasteiger partial charge < -0.3 is 29.4 Å². The largest absolute Gasteiger partial charge is 0.494 e. The number of carbonyl (C=O) groups is 2. The number of aromatic hydroxyl groups is 1. The van der Waals surface area contributed by atoms with Gasteiger partial charge in [-0.05, 0) is 71.9 Å². The zero-order valence-corrected chi connectivity index (χ0v) is 27.1. The molecule has 0 saturated carbocycles. The van der Waals surface area contributed by atoms with Crippen molar-refractivity contribution >= 4 is 50.6 Å². The molecule has 0 unspecified atom stereocenters. The molecule has 0 spiro atoms. The van der Waals surface area contributed by atoms with Crippen molar-refractivity contribution in [2.75, 3.05) is 44.7 Å². The van der Waals surface area contributed by atoms with E-state index in [0.29, 0.717) is 42.9 Å². The van der Waals surface area contributed by atoms with E-state index in [1.165, 1.54) is 25.4 Å². The summed E-state index contributed by atoms with van der Waals surface area (Å²) in [5.74, 6) is -0.737. The van der Waals surface area contributed by atoms with Gasteiger partial charge in [-0.1, -0.05) is 12.1 Å². The first-order chi connectivity index (χ1) is 20.4. The van der Waals surface area contributed by atoms with Crippen LogP contribution in [0.5, 0.6) is 5.88 Å². The standard InChI is InChI=1S/C31H41N5O7S/c1-30(2,3)42-26(37)20-34(7)44(40,41)22-11-8-10-21(18-22)32-19-23-27-24(33-28(23)38)12-9-13-25(27)35-14-16-36(17-15-35)29(39)43-31(4,5)6/h8-13,18-19,33,38H,14-17,20H2,1-7H3. The van der Waals surface area contributed by atoms with Crippen LogP contribution in [-0.2, 0) is 24.3 Å². The third-order valence-corrected chi connectivity index (χ3v) is 8.53. The fourth-order valence-corrected chi connectivity index (χ4v) is 5.93. The average molecular weight is 628 g/mol. The number of carbonyl (C=O) groups excluding carboxylic acids is 2. The number of nitrogens with zero attached hydrogens (tertiary/aromatic N) is 4.